The molecule has 2 fully saturated rings. The lowest BCUT2D eigenvalue weighted by molar-refractivity contribution is 0.157. The normalized spacial score (nSPS) is 39.8. The Balaban J connectivity index is 1.96. The Morgan fingerprint density at radius 3 is 2.25 bits per heavy atom. The van der Waals surface area contributed by atoms with E-state index in [0.717, 1.165) is 17.9 Å². The van der Waals surface area contributed by atoms with Crippen LogP contribution in [0, 0.1) is 11.8 Å². The highest BCUT2D eigenvalue weighted by atomic mass is 15.2. The first-order valence-electron chi connectivity index (χ1n) is 5.59. The van der Waals surface area contributed by atoms with E-state index in [1.165, 1.54) is 32.4 Å². The van der Waals surface area contributed by atoms with Crippen molar-refractivity contribution < 1.29 is 0 Å². The summed E-state index contributed by atoms with van der Waals surface area (Å²) >= 11 is 0. The Morgan fingerprint density at radius 1 is 1.08 bits per heavy atom. The third kappa shape index (κ3) is 1.28. The molecular formula is C11H21N. The van der Waals surface area contributed by atoms with E-state index in [0.29, 0.717) is 0 Å². The van der Waals surface area contributed by atoms with Crippen molar-refractivity contribution in [3.8, 4) is 0 Å². The molecular weight excluding hydrogens is 146 g/mol. The van der Waals surface area contributed by atoms with Gasteiger partial charge in [0.05, 0.1) is 0 Å². The quantitative estimate of drug-likeness (QED) is 0.624. The molecule has 2 saturated carbocycles. The molecule has 1 heteroatoms. The van der Waals surface area contributed by atoms with Crippen LogP contribution in [-0.4, -0.2) is 24.0 Å². The van der Waals surface area contributed by atoms with E-state index in [4.69, 9.17) is 0 Å². The lowest BCUT2D eigenvalue weighted by Crippen LogP contribution is -2.38. The first-order chi connectivity index (χ1) is 5.85. The summed E-state index contributed by atoms with van der Waals surface area (Å²) in [7, 11) is 0. The second-order valence-corrected chi connectivity index (χ2v) is 4.46. The van der Waals surface area contributed by atoms with Crippen LogP contribution in [0.4, 0.5) is 0 Å². The summed E-state index contributed by atoms with van der Waals surface area (Å²) in [6.07, 6.45) is 6.10. The molecule has 0 heterocycles. The standard InChI is InChI=1S/C11H21N/c1-3-12(4-2)11-8-9-5-6-10(11)7-9/h9-11H,3-8H2,1-2H3/t9-,10+,11-/m0/s1. The summed E-state index contributed by atoms with van der Waals surface area (Å²) in [6.45, 7) is 7.11. The maximum absolute atomic E-state index is 2.67. The fraction of sp³-hybridized carbons (Fsp3) is 1.00. The summed E-state index contributed by atoms with van der Waals surface area (Å²) in [5, 5.41) is 0. The molecule has 0 unspecified atom stereocenters. The molecule has 0 aromatic rings. The van der Waals surface area contributed by atoms with Crippen molar-refractivity contribution in [3.63, 3.8) is 0 Å². The van der Waals surface area contributed by atoms with E-state index in [-0.39, 0.29) is 0 Å². The summed E-state index contributed by atoms with van der Waals surface area (Å²) in [5.41, 5.74) is 0. The molecule has 0 N–H and O–H groups in total. The van der Waals surface area contributed by atoms with Crippen LogP contribution in [0.15, 0.2) is 0 Å². The molecule has 3 atom stereocenters. The van der Waals surface area contributed by atoms with Gasteiger partial charge in [-0.25, -0.2) is 0 Å². The van der Waals surface area contributed by atoms with Crippen LogP contribution >= 0.6 is 0 Å². The number of nitrogens with zero attached hydrogens (tertiary/aromatic N) is 1. The van der Waals surface area contributed by atoms with E-state index < -0.39 is 0 Å². The maximum atomic E-state index is 2.67. The van der Waals surface area contributed by atoms with Crippen molar-refractivity contribution in [3.05, 3.63) is 0 Å². The number of hydrogen-bond acceptors (Lipinski definition) is 1. The average Bonchev–Trinajstić information content (AvgIpc) is 2.67. The summed E-state index contributed by atoms with van der Waals surface area (Å²) < 4.78 is 0. The zero-order valence-corrected chi connectivity index (χ0v) is 8.42. The van der Waals surface area contributed by atoms with Crippen molar-refractivity contribution in [1.29, 1.82) is 0 Å². The van der Waals surface area contributed by atoms with Crippen LogP contribution in [-0.2, 0) is 0 Å². The first kappa shape index (κ1) is 8.55. The van der Waals surface area contributed by atoms with Gasteiger partial charge in [-0.05, 0) is 44.2 Å². The van der Waals surface area contributed by atoms with Crippen molar-refractivity contribution in [2.24, 2.45) is 11.8 Å². The smallest absolute Gasteiger partial charge is 0.0126 e. The minimum atomic E-state index is 0.957. The Labute approximate surface area is 76.1 Å². The van der Waals surface area contributed by atoms with Crippen molar-refractivity contribution in [1.82, 2.24) is 4.90 Å². The summed E-state index contributed by atoms with van der Waals surface area (Å²) in [5.74, 6) is 2.16. The first-order valence-corrected chi connectivity index (χ1v) is 5.59. The summed E-state index contributed by atoms with van der Waals surface area (Å²) in [4.78, 5) is 2.67. The lowest BCUT2D eigenvalue weighted by atomic mass is 9.94. The lowest BCUT2D eigenvalue weighted by Gasteiger charge is -2.32. The van der Waals surface area contributed by atoms with Gasteiger partial charge in [0.25, 0.3) is 0 Å². The molecule has 0 aromatic heterocycles. The molecule has 0 aliphatic heterocycles. The van der Waals surface area contributed by atoms with Gasteiger partial charge in [-0.3, -0.25) is 0 Å². The molecule has 2 bridgehead atoms. The predicted molar refractivity (Wildman–Crippen MR) is 52.2 cm³/mol. The zero-order chi connectivity index (χ0) is 8.55. The molecule has 70 valence electrons. The van der Waals surface area contributed by atoms with Gasteiger partial charge in [0.15, 0.2) is 0 Å². The molecule has 2 aliphatic rings. The van der Waals surface area contributed by atoms with Crippen molar-refractivity contribution in [2.45, 2.75) is 45.6 Å². The van der Waals surface area contributed by atoms with Gasteiger partial charge < -0.3 is 4.90 Å². The topological polar surface area (TPSA) is 3.24 Å². The second kappa shape index (κ2) is 3.37. The van der Waals surface area contributed by atoms with Crippen LogP contribution in [0.2, 0.25) is 0 Å². The molecule has 0 saturated heterocycles. The van der Waals surface area contributed by atoms with Crippen LogP contribution < -0.4 is 0 Å². The molecule has 2 rings (SSSR count). The number of fused-ring (bicyclic) bond motifs is 2. The van der Waals surface area contributed by atoms with Crippen molar-refractivity contribution >= 4 is 0 Å². The van der Waals surface area contributed by atoms with Gasteiger partial charge >= 0.3 is 0 Å². The SMILES string of the molecule is CCN(CC)[C@H]1C[C@H]2CC[C@@H]1C2. The largest absolute Gasteiger partial charge is 0.301 e. The van der Waals surface area contributed by atoms with E-state index in [1.54, 1.807) is 6.42 Å². The van der Waals surface area contributed by atoms with Gasteiger partial charge in [-0.15, -0.1) is 0 Å². The molecule has 0 aromatic carbocycles. The minimum absolute atomic E-state index is 0.957. The third-order valence-corrected chi connectivity index (χ3v) is 3.98. The Bertz CT molecular complexity index is 151. The minimum Gasteiger partial charge on any atom is -0.301 e. The summed E-state index contributed by atoms with van der Waals surface area (Å²) in [6, 6.07) is 0.957. The molecule has 0 spiro atoms. The van der Waals surface area contributed by atoms with Gasteiger partial charge in [0, 0.05) is 6.04 Å². The van der Waals surface area contributed by atoms with Crippen LogP contribution in [0.5, 0.6) is 0 Å². The van der Waals surface area contributed by atoms with Crippen LogP contribution in [0.1, 0.15) is 39.5 Å². The number of hydrogen-bond donors (Lipinski definition) is 0. The highest BCUT2D eigenvalue weighted by Gasteiger charge is 2.41. The highest BCUT2D eigenvalue weighted by molar-refractivity contribution is 4.94. The van der Waals surface area contributed by atoms with Crippen molar-refractivity contribution in [2.75, 3.05) is 13.1 Å². The molecule has 1 nitrogen and oxygen atoms in total. The van der Waals surface area contributed by atoms with Gasteiger partial charge in [-0.2, -0.15) is 0 Å². The molecule has 0 amide bonds. The van der Waals surface area contributed by atoms with Crippen LogP contribution in [0.25, 0.3) is 0 Å². The Hall–Kier alpha value is -0.0400. The van der Waals surface area contributed by atoms with Gasteiger partial charge in [0.2, 0.25) is 0 Å². The fourth-order valence-corrected chi connectivity index (χ4v) is 3.35. The molecule has 2 aliphatic carbocycles. The monoisotopic (exact) mass is 167 g/mol. The Kier molecular flexibility index (Phi) is 2.40. The van der Waals surface area contributed by atoms with E-state index in [1.807, 2.05) is 0 Å². The van der Waals surface area contributed by atoms with Crippen LogP contribution in [0.3, 0.4) is 0 Å². The number of rotatable bonds is 3. The maximum Gasteiger partial charge on any atom is 0.0126 e. The fourth-order valence-electron chi connectivity index (χ4n) is 3.35. The molecule has 12 heavy (non-hydrogen) atoms. The van der Waals surface area contributed by atoms with Gasteiger partial charge in [-0.1, -0.05) is 20.3 Å². The van der Waals surface area contributed by atoms with E-state index in [9.17, 15) is 0 Å². The van der Waals surface area contributed by atoms with Gasteiger partial charge in [0.1, 0.15) is 0 Å². The molecule has 0 radical (unpaired) electrons. The second-order valence-electron chi connectivity index (χ2n) is 4.46. The highest BCUT2D eigenvalue weighted by Crippen LogP contribution is 2.46. The third-order valence-electron chi connectivity index (χ3n) is 3.98. The Morgan fingerprint density at radius 2 is 1.83 bits per heavy atom. The average molecular weight is 167 g/mol. The predicted octanol–water partition coefficient (Wildman–Crippen LogP) is 2.52. The van der Waals surface area contributed by atoms with E-state index in [2.05, 4.69) is 18.7 Å². The zero-order valence-electron chi connectivity index (χ0n) is 8.42. The van der Waals surface area contributed by atoms with E-state index >= 15 is 0 Å².